The molecule has 17 nitrogen and oxygen atoms in total. The summed E-state index contributed by atoms with van der Waals surface area (Å²) in [5.74, 6) is -1.02. The molecule has 0 saturated carbocycles. The molecule has 7 heterocycles. The molecule has 0 bridgehead atoms. The first-order valence-corrected chi connectivity index (χ1v) is 16.2. The standard InChI is InChI=1S/C21H19B2F3N8O9P2/c22-44(36)39-3-9-15(12(26)21(41-9)34-6-32-13-16(27)28-4-30-18(13)34)43-45(23,37)38-2-8-14(42-44)11(25)20(40-8)33-1-7(24)10-17(33)29-5-31-19(10)35/h1,4-6,8-9,11-12,14-15,20-21H,2-3H2,(H2,27,28,30)(H,29,31,35)/t8-,9-,11+,12+,14?,15?,20-,21-,44-,45-/m1/s1. The van der Waals surface area contributed by atoms with E-state index in [1.165, 1.54) is 10.9 Å². The van der Waals surface area contributed by atoms with E-state index in [4.69, 9.17) is 48.4 Å². The Balaban J connectivity index is 1.17. The zero-order valence-electron chi connectivity index (χ0n) is 22.5. The van der Waals surface area contributed by atoms with Crippen molar-refractivity contribution in [1.82, 2.24) is 34.1 Å². The summed E-state index contributed by atoms with van der Waals surface area (Å²) in [6, 6.07) is 0. The molecule has 0 amide bonds. The van der Waals surface area contributed by atoms with Crippen molar-refractivity contribution in [3.05, 3.63) is 41.3 Å². The van der Waals surface area contributed by atoms with Crippen molar-refractivity contribution >= 4 is 58.1 Å². The second kappa shape index (κ2) is 11.0. The third-order valence-corrected chi connectivity index (χ3v) is 9.51. The molecule has 4 aromatic heterocycles. The lowest BCUT2D eigenvalue weighted by Crippen LogP contribution is -2.37. The van der Waals surface area contributed by atoms with E-state index in [-0.39, 0.29) is 22.6 Å². The Bertz CT molecular complexity index is 1950. The van der Waals surface area contributed by atoms with E-state index >= 15 is 8.78 Å². The van der Waals surface area contributed by atoms with Crippen LogP contribution in [-0.4, -0.2) is 99.2 Å². The highest BCUT2D eigenvalue weighted by Crippen LogP contribution is 2.54. The summed E-state index contributed by atoms with van der Waals surface area (Å²) in [6.45, 7) is -1.61. The van der Waals surface area contributed by atoms with Gasteiger partial charge >= 0.3 is 0 Å². The number of nitrogen functional groups attached to an aromatic ring is 1. The molecule has 0 aromatic carbocycles. The number of nitrogens with zero attached hydrogens (tertiary/aromatic N) is 6. The molecule has 24 heteroatoms. The summed E-state index contributed by atoms with van der Waals surface area (Å²) in [5.41, 5.74) is 4.93. The Morgan fingerprint density at radius 2 is 1.51 bits per heavy atom. The molecule has 234 valence electrons. The Hall–Kier alpha value is -3.09. The number of fused-ring (bicyclic) bond motifs is 4. The fourth-order valence-electron chi connectivity index (χ4n) is 5.41. The molecular formula is C21H19B2F3N8O9P2. The van der Waals surface area contributed by atoms with E-state index in [1.807, 2.05) is 0 Å². The van der Waals surface area contributed by atoms with Crippen molar-refractivity contribution < 1.29 is 49.9 Å². The molecule has 45 heavy (non-hydrogen) atoms. The van der Waals surface area contributed by atoms with Crippen LogP contribution in [-0.2, 0) is 36.7 Å². The van der Waals surface area contributed by atoms with Gasteiger partial charge in [0.1, 0.15) is 41.6 Å². The monoisotopic (exact) mass is 668 g/mol. The minimum absolute atomic E-state index is 0.0144. The average Bonchev–Trinajstić information content (AvgIpc) is 3.71. The molecule has 3 aliphatic rings. The van der Waals surface area contributed by atoms with Gasteiger partial charge in [0, 0.05) is 6.20 Å². The van der Waals surface area contributed by atoms with Crippen LogP contribution in [0.25, 0.3) is 22.2 Å². The van der Waals surface area contributed by atoms with E-state index in [9.17, 15) is 18.3 Å². The van der Waals surface area contributed by atoms with E-state index in [0.717, 1.165) is 23.4 Å². The quantitative estimate of drug-likeness (QED) is 0.227. The molecular weight excluding hydrogens is 649 g/mol. The van der Waals surface area contributed by atoms with Gasteiger partial charge in [-0.3, -0.25) is 23.1 Å². The molecule has 3 N–H and O–H groups in total. The van der Waals surface area contributed by atoms with Crippen LogP contribution in [0.3, 0.4) is 0 Å². The van der Waals surface area contributed by atoms with Crippen LogP contribution in [0.15, 0.2) is 30.0 Å². The first-order chi connectivity index (χ1) is 21.3. The Kier molecular flexibility index (Phi) is 7.48. The van der Waals surface area contributed by atoms with Gasteiger partial charge in [0.05, 0.1) is 25.9 Å². The first kappa shape index (κ1) is 30.6. The smallest absolute Gasteiger partial charge is 0.264 e. The highest BCUT2D eigenvalue weighted by atomic mass is 31.2. The third-order valence-electron chi connectivity index (χ3n) is 7.41. The van der Waals surface area contributed by atoms with Crippen molar-refractivity contribution in [2.75, 3.05) is 18.9 Å². The molecule has 3 fully saturated rings. The van der Waals surface area contributed by atoms with Crippen LogP contribution in [0.4, 0.5) is 19.0 Å². The highest BCUT2D eigenvalue weighted by molar-refractivity contribution is 7.79. The van der Waals surface area contributed by atoms with Gasteiger partial charge in [-0.1, -0.05) is 0 Å². The van der Waals surface area contributed by atoms with E-state index in [2.05, 4.69) is 24.9 Å². The topological polar surface area (TPSA) is 210 Å². The van der Waals surface area contributed by atoms with Crippen LogP contribution >= 0.6 is 14.9 Å². The van der Waals surface area contributed by atoms with Gasteiger partial charge in [0.25, 0.3) is 20.5 Å². The Labute approximate surface area is 251 Å². The number of nitrogens with one attached hydrogen (secondary N) is 1. The molecule has 4 aromatic rings. The summed E-state index contributed by atoms with van der Waals surface area (Å²) in [6.07, 6.45) is -10.2. The molecule has 4 radical (unpaired) electrons. The molecule has 7 rings (SSSR count). The number of anilines is 1. The molecule has 0 aliphatic carbocycles. The second-order valence-corrected chi connectivity index (χ2v) is 13.3. The number of hydrogen-bond acceptors (Lipinski definition) is 14. The van der Waals surface area contributed by atoms with Crippen molar-refractivity contribution in [2.45, 2.75) is 49.2 Å². The van der Waals surface area contributed by atoms with Crippen LogP contribution in [0.5, 0.6) is 0 Å². The number of alkyl halides is 2. The Morgan fingerprint density at radius 3 is 2.13 bits per heavy atom. The summed E-state index contributed by atoms with van der Waals surface area (Å²) in [4.78, 5) is 30.1. The summed E-state index contributed by atoms with van der Waals surface area (Å²) >= 11 is 0. The first-order valence-electron chi connectivity index (χ1n) is 13.0. The average molecular weight is 668 g/mol. The number of halogens is 3. The zero-order chi connectivity index (χ0) is 31.8. The van der Waals surface area contributed by atoms with Gasteiger partial charge in [-0.15, -0.1) is 0 Å². The predicted octanol–water partition coefficient (Wildman–Crippen LogP) is 1.13. The van der Waals surface area contributed by atoms with Gasteiger partial charge in [-0.05, 0) is 0 Å². The number of hydrogen-bond donors (Lipinski definition) is 2. The van der Waals surface area contributed by atoms with Gasteiger partial charge in [0.15, 0.2) is 47.7 Å². The van der Waals surface area contributed by atoms with E-state index in [0.29, 0.717) is 0 Å². The van der Waals surface area contributed by atoms with Crippen molar-refractivity contribution in [3.63, 3.8) is 0 Å². The van der Waals surface area contributed by atoms with Crippen molar-refractivity contribution in [1.29, 1.82) is 0 Å². The molecule has 2 unspecified atom stereocenters. The SMILES string of the molecule is [B][P@@]1(=O)OC[C@H]2O[C@@H](n3cc(F)c4c(=O)[nH]cnc43)[C@@H](F)C2O[P@]([B])(=O)OC[C@H]2O[C@@H](n3cnc4c(N)ncnc43)[C@@H](F)C2O1. The normalized spacial score (nSPS) is 37.7. The van der Waals surface area contributed by atoms with Crippen LogP contribution in [0.1, 0.15) is 12.5 Å². The van der Waals surface area contributed by atoms with Gasteiger partial charge in [-0.2, -0.15) is 0 Å². The minimum Gasteiger partial charge on any atom is -0.382 e. The molecule has 0 spiro atoms. The highest BCUT2D eigenvalue weighted by Gasteiger charge is 2.53. The summed E-state index contributed by atoms with van der Waals surface area (Å²) in [5, 5.41) is -0.478. The number of aromatic nitrogens is 7. The van der Waals surface area contributed by atoms with Gasteiger partial charge < -0.3 is 38.3 Å². The zero-order valence-corrected chi connectivity index (χ0v) is 24.2. The maximum absolute atomic E-state index is 15.9. The third kappa shape index (κ3) is 5.32. The van der Waals surface area contributed by atoms with Gasteiger partial charge in [-0.25, -0.2) is 33.1 Å². The number of aromatic amines is 1. The van der Waals surface area contributed by atoms with Crippen LogP contribution < -0.4 is 11.3 Å². The van der Waals surface area contributed by atoms with Crippen molar-refractivity contribution in [2.24, 2.45) is 0 Å². The van der Waals surface area contributed by atoms with Crippen molar-refractivity contribution in [3.8, 4) is 0 Å². The molecule has 3 saturated heterocycles. The number of nitrogens with two attached hydrogens (primary N) is 1. The second-order valence-electron chi connectivity index (χ2n) is 10.2. The number of H-pyrrole nitrogens is 1. The fraction of sp³-hybridized carbons (Fsp3) is 0.476. The van der Waals surface area contributed by atoms with Gasteiger partial charge in [0.2, 0.25) is 15.1 Å². The maximum Gasteiger partial charge on any atom is 0.264 e. The summed E-state index contributed by atoms with van der Waals surface area (Å²) in [7, 11) is 2.20. The maximum atomic E-state index is 15.9. The summed E-state index contributed by atoms with van der Waals surface area (Å²) < 4.78 is 107. The number of ether oxygens (including phenoxy) is 2. The van der Waals surface area contributed by atoms with E-state index < -0.39 is 94.1 Å². The largest absolute Gasteiger partial charge is 0.382 e. The fourth-order valence-corrected chi connectivity index (χ4v) is 7.42. The lowest BCUT2D eigenvalue weighted by molar-refractivity contribution is -0.0548. The Morgan fingerprint density at radius 1 is 0.911 bits per heavy atom. The van der Waals surface area contributed by atoms with Crippen LogP contribution in [0.2, 0.25) is 0 Å². The lowest BCUT2D eigenvalue weighted by Gasteiger charge is -2.29. The van der Waals surface area contributed by atoms with Crippen LogP contribution in [0, 0.1) is 5.82 Å². The minimum atomic E-state index is -4.69. The molecule has 10 atom stereocenters. The number of rotatable bonds is 2. The predicted molar refractivity (Wildman–Crippen MR) is 146 cm³/mol. The molecule has 3 aliphatic heterocycles. The lowest BCUT2D eigenvalue weighted by atomic mass is 10.1. The van der Waals surface area contributed by atoms with E-state index in [1.54, 1.807) is 0 Å². The number of imidazole rings is 1.